The Balaban J connectivity index is 1.81. The number of benzene rings is 7. The molecule has 0 heterocycles. The summed E-state index contributed by atoms with van der Waals surface area (Å²) >= 11 is 0. The van der Waals surface area contributed by atoms with Crippen molar-refractivity contribution in [1.82, 2.24) is 0 Å². The predicted molar refractivity (Wildman–Crippen MR) is 147 cm³/mol. The molecule has 0 fully saturated rings. The molecule has 0 N–H and O–H groups in total. The van der Waals surface area contributed by atoms with Crippen LogP contribution in [0.3, 0.4) is 0 Å². The molecule has 7 aromatic carbocycles. The van der Waals surface area contributed by atoms with Crippen molar-refractivity contribution in [2.45, 2.75) is 0 Å². The molecule has 0 aliphatic heterocycles. The maximum absolute atomic E-state index is 9.08. The van der Waals surface area contributed by atoms with Gasteiger partial charge in [-0.2, -0.15) is 0 Å². The monoisotopic (exact) mass is 438 g/mol. The minimum absolute atomic E-state index is 0.219. The van der Waals surface area contributed by atoms with Gasteiger partial charge in [-0.05, 0) is 77.5 Å². The molecule has 0 aromatic heterocycles. The number of hydrogen-bond donors (Lipinski definition) is 0. The minimum Gasteiger partial charge on any atom is -0.0616 e. The van der Waals surface area contributed by atoms with Crippen LogP contribution < -0.4 is 0 Å². The summed E-state index contributed by atoms with van der Waals surface area (Å²) in [5, 5.41) is 4.63. The van der Waals surface area contributed by atoms with Crippen molar-refractivity contribution in [3.05, 3.63) is 133 Å². The van der Waals surface area contributed by atoms with Gasteiger partial charge in [0.2, 0.25) is 0 Å². The van der Waals surface area contributed by atoms with Gasteiger partial charge in [0.05, 0.1) is 11.0 Å². The first kappa shape index (κ1) is 12.7. The number of rotatable bonds is 2. The van der Waals surface area contributed by atoms with Crippen LogP contribution in [0.2, 0.25) is 0 Å². The molecule has 0 bridgehead atoms. The van der Waals surface area contributed by atoms with Gasteiger partial charge >= 0.3 is 0 Å². The van der Waals surface area contributed by atoms with Crippen molar-refractivity contribution in [2.75, 3.05) is 0 Å². The van der Waals surface area contributed by atoms with Gasteiger partial charge in [0.25, 0.3) is 0 Å². The van der Waals surface area contributed by atoms with Crippen molar-refractivity contribution >= 4 is 43.1 Å². The van der Waals surface area contributed by atoms with E-state index in [1.54, 1.807) is 0 Å². The Hall–Kier alpha value is -4.42. The topological polar surface area (TPSA) is 0 Å². The summed E-state index contributed by atoms with van der Waals surface area (Å²) in [4.78, 5) is 0. The van der Waals surface area contributed by atoms with Crippen molar-refractivity contribution in [2.24, 2.45) is 0 Å². The minimum atomic E-state index is -0.404. The summed E-state index contributed by atoms with van der Waals surface area (Å²) < 4.78 is 70.6. The highest BCUT2D eigenvalue weighted by atomic mass is 14.2. The van der Waals surface area contributed by atoms with E-state index in [-0.39, 0.29) is 45.7 Å². The highest BCUT2D eigenvalue weighted by Crippen LogP contribution is 2.44. The molecular formula is C34H22. The van der Waals surface area contributed by atoms with E-state index < -0.39 is 24.2 Å². The first-order valence-corrected chi connectivity index (χ1v) is 11.1. The third-order valence-corrected chi connectivity index (χ3v) is 6.45. The molecule has 0 saturated heterocycles. The lowest BCUT2D eigenvalue weighted by Gasteiger charge is -2.18. The molecule has 0 saturated carbocycles. The van der Waals surface area contributed by atoms with Crippen molar-refractivity contribution < 1.29 is 11.0 Å². The second-order valence-corrected chi connectivity index (χ2v) is 8.37. The third kappa shape index (κ3) is 2.93. The first-order chi connectivity index (χ1) is 20.2. The lowest BCUT2D eigenvalue weighted by molar-refractivity contribution is 1.68. The van der Waals surface area contributed by atoms with Crippen molar-refractivity contribution in [3.63, 3.8) is 0 Å². The molecule has 0 unspecified atom stereocenters. The molecule has 7 aromatic rings. The molecule has 158 valence electrons. The molecule has 0 spiro atoms. The van der Waals surface area contributed by atoms with E-state index in [4.69, 9.17) is 11.0 Å². The first-order valence-electron chi connectivity index (χ1n) is 15.1. The van der Waals surface area contributed by atoms with Gasteiger partial charge < -0.3 is 0 Å². The lowest BCUT2D eigenvalue weighted by atomic mass is 9.85. The zero-order chi connectivity index (χ0) is 29.4. The van der Waals surface area contributed by atoms with Crippen LogP contribution in [0.4, 0.5) is 0 Å². The third-order valence-electron chi connectivity index (χ3n) is 6.45. The van der Waals surface area contributed by atoms with Gasteiger partial charge in [-0.1, -0.05) is 121 Å². The van der Waals surface area contributed by atoms with Gasteiger partial charge in [0.15, 0.2) is 0 Å². The summed E-state index contributed by atoms with van der Waals surface area (Å²) in [5.74, 6) is 0. The number of fused-ring (bicyclic) bond motifs is 4. The fourth-order valence-corrected chi connectivity index (χ4v) is 4.89. The molecule has 7 rings (SSSR count). The fourth-order valence-electron chi connectivity index (χ4n) is 4.89. The average molecular weight is 439 g/mol. The van der Waals surface area contributed by atoms with Crippen LogP contribution in [0, 0.1) is 0 Å². The quantitative estimate of drug-likeness (QED) is 0.236. The molecule has 0 amide bonds. The normalized spacial score (nSPS) is 14.8. The smallest absolute Gasteiger partial charge is 0.0616 e. The second kappa shape index (κ2) is 7.57. The van der Waals surface area contributed by atoms with Crippen LogP contribution in [0.1, 0.15) is 11.0 Å². The summed E-state index contributed by atoms with van der Waals surface area (Å²) in [5.41, 5.74) is 1.91. The molecule has 34 heavy (non-hydrogen) atoms. The Labute approximate surface area is 210 Å². The maximum Gasteiger partial charge on any atom is 0.0629 e. The summed E-state index contributed by atoms with van der Waals surface area (Å²) in [6.45, 7) is 0. The SMILES string of the molecule is [2H]c1c([2H])c([2H])c2c(-c3ccc4ccccc4c3)c3c([2H])c([2H])c([2H])c([2H])c3c(-c3ccc4ccccc4c3)c2c1[2H]. The Morgan fingerprint density at radius 3 is 1.12 bits per heavy atom. The van der Waals surface area contributed by atoms with Crippen molar-refractivity contribution in [1.29, 1.82) is 0 Å². The van der Waals surface area contributed by atoms with E-state index in [0.717, 1.165) is 21.5 Å². The van der Waals surface area contributed by atoms with Crippen LogP contribution in [-0.4, -0.2) is 0 Å². The highest BCUT2D eigenvalue weighted by Gasteiger charge is 2.16. The lowest BCUT2D eigenvalue weighted by Crippen LogP contribution is -1.91. The van der Waals surface area contributed by atoms with Gasteiger partial charge in [0, 0.05) is 0 Å². The summed E-state index contributed by atoms with van der Waals surface area (Å²) in [6.07, 6.45) is 0. The molecule has 0 nitrogen and oxygen atoms in total. The van der Waals surface area contributed by atoms with E-state index in [0.29, 0.717) is 22.3 Å². The molecule has 0 atom stereocenters. The Bertz CT molecular complexity index is 2050. The van der Waals surface area contributed by atoms with Crippen LogP contribution in [-0.2, 0) is 0 Å². The van der Waals surface area contributed by atoms with Gasteiger partial charge in [-0.15, -0.1) is 0 Å². The van der Waals surface area contributed by atoms with E-state index in [2.05, 4.69) is 0 Å². The average Bonchev–Trinajstić information content (AvgIpc) is 3.02. The van der Waals surface area contributed by atoms with E-state index in [1.807, 2.05) is 84.9 Å². The van der Waals surface area contributed by atoms with E-state index >= 15 is 0 Å². The van der Waals surface area contributed by atoms with Gasteiger partial charge in [-0.25, -0.2) is 0 Å². The molecule has 0 aliphatic rings. The highest BCUT2D eigenvalue weighted by molar-refractivity contribution is 6.22. The zero-order valence-corrected chi connectivity index (χ0v) is 18.1. The summed E-state index contributed by atoms with van der Waals surface area (Å²) in [6, 6.07) is 24.2. The molecule has 0 aliphatic carbocycles. The fraction of sp³-hybridized carbons (Fsp3) is 0. The van der Waals surface area contributed by atoms with Gasteiger partial charge in [0.1, 0.15) is 0 Å². The van der Waals surface area contributed by atoms with Crippen LogP contribution in [0.25, 0.3) is 65.3 Å². The molecule has 0 heteroatoms. The van der Waals surface area contributed by atoms with Crippen LogP contribution >= 0.6 is 0 Å². The van der Waals surface area contributed by atoms with Crippen molar-refractivity contribution in [3.8, 4) is 22.3 Å². The largest absolute Gasteiger partial charge is 0.0629 e. The second-order valence-electron chi connectivity index (χ2n) is 8.37. The zero-order valence-electron chi connectivity index (χ0n) is 26.1. The maximum atomic E-state index is 9.08. The Morgan fingerprint density at radius 1 is 0.382 bits per heavy atom. The number of hydrogen-bond acceptors (Lipinski definition) is 0. The van der Waals surface area contributed by atoms with Crippen LogP contribution in [0.15, 0.2) is 133 Å². The standard InChI is InChI=1S/C34H22/c1-3-11-25-21-27(19-17-23(25)9-1)33-29-13-5-7-15-31(29)34(32-16-8-6-14-30(32)33)28-20-18-24-10-2-4-12-26(24)22-28/h1-22H/i5D,6D,7D,8D,13D,14D,15D,16D. The van der Waals surface area contributed by atoms with E-state index in [9.17, 15) is 0 Å². The molecular weight excluding hydrogens is 408 g/mol. The molecule has 0 radical (unpaired) electrons. The predicted octanol–water partition coefficient (Wildman–Crippen LogP) is 9.63. The Kier molecular flexibility index (Phi) is 2.83. The Morgan fingerprint density at radius 2 is 0.735 bits per heavy atom. The van der Waals surface area contributed by atoms with Gasteiger partial charge in [-0.3, -0.25) is 0 Å². The summed E-state index contributed by atoms with van der Waals surface area (Å²) in [7, 11) is 0. The van der Waals surface area contributed by atoms with Crippen LogP contribution in [0.5, 0.6) is 0 Å². The van der Waals surface area contributed by atoms with E-state index in [1.165, 1.54) is 0 Å².